The van der Waals surface area contributed by atoms with Crippen LogP contribution in [0.4, 0.5) is 11.4 Å². The van der Waals surface area contributed by atoms with Crippen LogP contribution in [0.15, 0.2) is 108 Å². The lowest BCUT2D eigenvalue weighted by molar-refractivity contribution is -0.122. The van der Waals surface area contributed by atoms with Gasteiger partial charge in [0.25, 0.3) is 5.91 Å². The van der Waals surface area contributed by atoms with E-state index in [0.29, 0.717) is 22.7 Å². The Morgan fingerprint density at radius 1 is 0.921 bits per heavy atom. The molecule has 0 spiro atoms. The maximum Gasteiger partial charge on any atom is 0.267 e. The van der Waals surface area contributed by atoms with Crippen molar-refractivity contribution in [2.45, 2.75) is 29.4 Å². The van der Waals surface area contributed by atoms with Gasteiger partial charge in [-0.2, -0.15) is 0 Å². The number of para-hydroxylation sites is 2. The summed E-state index contributed by atoms with van der Waals surface area (Å²) in [6, 6.07) is 32.0. The zero-order valence-corrected chi connectivity index (χ0v) is 22.5. The third-order valence-electron chi connectivity index (χ3n) is 6.25. The second-order valence-corrected chi connectivity index (χ2v) is 12.0. The first kappa shape index (κ1) is 25.9. The monoisotopic (exact) mass is 544 g/mol. The molecule has 4 aromatic carbocycles. The maximum atomic E-state index is 13.4. The first-order valence-corrected chi connectivity index (χ1v) is 14.9. The Labute approximate surface area is 227 Å². The van der Waals surface area contributed by atoms with E-state index >= 15 is 0 Å². The van der Waals surface area contributed by atoms with Crippen LogP contribution in [0.5, 0.6) is 5.75 Å². The molecule has 0 bridgehead atoms. The summed E-state index contributed by atoms with van der Waals surface area (Å²) in [6.07, 6.45) is -0.997. The lowest BCUT2D eigenvalue weighted by atomic mass is 10.1. The van der Waals surface area contributed by atoms with Crippen LogP contribution < -0.4 is 14.4 Å². The van der Waals surface area contributed by atoms with E-state index in [0.717, 1.165) is 16.9 Å². The predicted molar refractivity (Wildman–Crippen MR) is 153 cm³/mol. The first-order chi connectivity index (χ1) is 18.4. The number of thioether (sulfide) groups is 1. The Hall–Kier alpha value is -3.75. The number of ether oxygens (including phenoxy) is 1. The Balaban J connectivity index is 1.30. The Morgan fingerprint density at radius 2 is 1.61 bits per heavy atom. The topological polar surface area (TPSA) is 75.7 Å². The number of fused-ring (bicyclic) bond motifs is 1. The molecule has 4 aromatic rings. The van der Waals surface area contributed by atoms with Crippen LogP contribution in [-0.4, -0.2) is 27.0 Å². The zero-order valence-electron chi connectivity index (χ0n) is 20.9. The van der Waals surface area contributed by atoms with Crippen molar-refractivity contribution in [3.05, 3.63) is 120 Å². The third-order valence-corrected chi connectivity index (χ3v) is 9.05. The van der Waals surface area contributed by atoms with Crippen LogP contribution in [-0.2, 0) is 26.3 Å². The van der Waals surface area contributed by atoms with Crippen LogP contribution in [0.25, 0.3) is 0 Å². The van der Waals surface area contributed by atoms with Gasteiger partial charge in [0.05, 0.1) is 18.0 Å². The number of hydrogen-bond donors (Lipinski definition) is 1. The van der Waals surface area contributed by atoms with Crippen molar-refractivity contribution in [1.29, 1.82) is 0 Å². The van der Waals surface area contributed by atoms with Crippen molar-refractivity contribution < 1.29 is 17.9 Å². The molecule has 194 valence electrons. The van der Waals surface area contributed by atoms with Gasteiger partial charge in [-0.3, -0.25) is 9.10 Å². The fraction of sp³-hybridized carbons (Fsp3) is 0.167. The molecule has 0 aliphatic carbocycles. The second-order valence-electron chi connectivity index (χ2n) is 9.09. The maximum absolute atomic E-state index is 13.4. The summed E-state index contributed by atoms with van der Waals surface area (Å²) >= 11 is 1.75. The number of carbonyl (C=O) groups is 1. The molecule has 1 N–H and O–H groups in total. The fourth-order valence-corrected chi connectivity index (χ4v) is 6.76. The van der Waals surface area contributed by atoms with E-state index in [-0.39, 0.29) is 12.3 Å². The Kier molecular flexibility index (Phi) is 7.72. The molecular formula is C30H28N2O4S2. The van der Waals surface area contributed by atoms with Crippen molar-refractivity contribution in [3.63, 3.8) is 0 Å². The zero-order chi connectivity index (χ0) is 26.5. The van der Waals surface area contributed by atoms with Crippen LogP contribution in [0.3, 0.4) is 0 Å². The predicted octanol–water partition coefficient (Wildman–Crippen LogP) is 6.02. The quantitative estimate of drug-likeness (QED) is 0.275. The minimum absolute atomic E-state index is 0.108. The Bertz CT molecular complexity index is 1530. The van der Waals surface area contributed by atoms with E-state index in [9.17, 15) is 13.2 Å². The number of carbonyl (C=O) groups excluding carboxylic acids is 1. The van der Waals surface area contributed by atoms with Gasteiger partial charge in [0.15, 0.2) is 6.10 Å². The minimum atomic E-state index is -3.76. The summed E-state index contributed by atoms with van der Waals surface area (Å²) in [5, 5.41) is 2.94. The normalized spacial score (nSPS) is 14.9. The summed E-state index contributed by atoms with van der Waals surface area (Å²) in [7, 11) is -3.76. The fourth-order valence-electron chi connectivity index (χ4n) is 4.32. The van der Waals surface area contributed by atoms with Crippen LogP contribution >= 0.6 is 11.8 Å². The molecule has 0 aromatic heterocycles. The largest absolute Gasteiger partial charge is 0.476 e. The highest BCUT2D eigenvalue weighted by atomic mass is 32.2. The van der Waals surface area contributed by atoms with Crippen LogP contribution in [0.1, 0.15) is 16.7 Å². The van der Waals surface area contributed by atoms with E-state index in [4.69, 9.17) is 4.74 Å². The molecule has 0 unspecified atom stereocenters. The average molecular weight is 545 g/mol. The SMILES string of the molecule is Cc1cc(CSc2ccccc2)ccc1NC(=O)[C@H]1CN(S(=O)(=O)Cc2ccccc2)c2ccccc2O1. The average Bonchev–Trinajstić information content (AvgIpc) is 2.93. The highest BCUT2D eigenvalue weighted by Crippen LogP contribution is 2.36. The van der Waals surface area contributed by atoms with E-state index in [2.05, 4.69) is 23.5 Å². The molecule has 6 nitrogen and oxygen atoms in total. The molecule has 1 aliphatic rings. The van der Waals surface area contributed by atoms with Gasteiger partial charge in [-0.05, 0) is 53.9 Å². The van der Waals surface area contributed by atoms with Gasteiger partial charge in [0.2, 0.25) is 10.0 Å². The highest BCUT2D eigenvalue weighted by molar-refractivity contribution is 7.98. The molecule has 0 radical (unpaired) electrons. The number of amides is 1. The van der Waals surface area contributed by atoms with E-state index < -0.39 is 22.0 Å². The number of sulfonamides is 1. The number of rotatable bonds is 8. The molecule has 38 heavy (non-hydrogen) atoms. The molecule has 0 fully saturated rings. The number of anilines is 2. The summed E-state index contributed by atoms with van der Waals surface area (Å²) in [5.74, 6) is 0.614. The Morgan fingerprint density at radius 3 is 2.34 bits per heavy atom. The summed E-state index contributed by atoms with van der Waals surface area (Å²) in [5.41, 5.74) is 3.86. The van der Waals surface area contributed by atoms with Crippen LogP contribution in [0, 0.1) is 6.92 Å². The molecule has 5 rings (SSSR count). The van der Waals surface area contributed by atoms with Crippen molar-refractivity contribution in [2.24, 2.45) is 0 Å². The van der Waals surface area contributed by atoms with E-state index in [1.807, 2.05) is 55.5 Å². The van der Waals surface area contributed by atoms with Crippen molar-refractivity contribution in [3.8, 4) is 5.75 Å². The van der Waals surface area contributed by atoms with Gasteiger partial charge in [-0.25, -0.2) is 8.42 Å². The molecule has 1 atom stereocenters. The van der Waals surface area contributed by atoms with Crippen molar-refractivity contribution in [1.82, 2.24) is 0 Å². The standard InChI is InChI=1S/C30H28N2O4S2/c1-22-18-24(20-37-25-12-6-3-7-13-25)16-17-26(22)31-30(33)29-19-32(27-14-8-9-15-28(27)36-29)38(34,35)21-23-10-4-2-5-11-23/h2-18,29H,19-21H2,1H3,(H,31,33)/t29-/m1/s1. The lowest BCUT2D eigenvalue weighted by Gasteiger charge is -2.34. The molecule has 8 heteroatoms. The summed E-state index contributed by atoms with van der Waals surface area (Å²) in [6.45, 7) is 1.84. The smallest absolute Gasteiger partial charge is 0.267 e. The number of hydrogen-bond acceptors (Lipinski definition) is 5. The molecule has 0 saturated carbocycles. The summed E-state index contributed by atoms with van der Waals surface area (Å²) < 4.78 is 34.1. The molecular weight excluding hydrogens is 516 g/mol. The first-order valence-electron chi connectivity index (χ1n) is 12.3. The van der Waals surface area contributed by atoms with Gasteiger partial charge in [0.1, 0.15) is 5.75 Å². The second kappa shape index (κ2) is 11.3. The minimum Gasteiger partial charge on any atom is -0.476 e. The van der Waals surface area contributed by atoms with Gasteiger partial charge >= 0.3 is 0 Å². The number of benzene rings is 4. The molecule has 0 saturated heterocycles. The number of aryl methyl sites for hydroxylation is 1. The molecule has 1 amide bonds. The number of nitrogens with one attached hydrogen (secondary N) is 1. The van der Waals surface area contributed by atoms with E-state index in [1.165, 1.54) is 9.20 Å². The van der Waals surface area contributed by atoms with Gasteiger partial charge in [0, 0.05) is 16.3 Å². The van der Waals surface area contributed by atoms with Crippen LogP contribution in [0.2, 0.25) is 0 Å². The van der Waals surface area contributed by atoms with Crippen molar-refractivity contribution >= 4 is 39.1 Å². The van der Waals surface area contributed by atoms with E-state index in [1.54, 1.807) is 48.2 Å². The lowest BCUT2D eigenvalue weighted by Crippen LogP contribution is -2.49. The van der Waals surface area contributed by atoms with Gasteiger partial charge in [-0.1, -0.05) is 72.8 Å². The number of nitrogens with zero attached hydrogens (tertiary/aromatic N) is 1. The van der Waals surface area contributed by atoms with Gasteiger partial charge < -0.3 is 10.1 Å². The molecule has 1 heterocycles. The van der Waals surface area contributed by atoms with Crippen molar-refractivity contribution in [2.75, 3.05) is 16.2 Å². The van der Waals surface area contributed by atoms with Gasteiger partial charge in [-0.15, -0.1) is 11.8 Å². The summed E-state index contributed by atoms with van der Waals surface area (Å²) in [4.78, 5) is 14.5. The third kappa shape index (κ3) is 6.03. The highest BCUT2D eigenvalue weighted by Gasteiger charge is 2.36. The molecule has 1 aliphatic heterocycles.